The molecule has 6 nitrogen and oxygen atoms in total. The van der Waals surface area contributed by atoms with E-state index >= 15 is 0 Å². The summed E-state index contributed by atoms with van der Waals surface area (Å²) in [4.78, 5) is 0. The number of fused-ring (bicyclic) bond motifs is 1. The van der Waals surface area contributed by atoms with E-state index in [-0.39, 0.29) is 5.25 Å². The molecule has 0 unspecified atom stereocenters. The van der Waals surface area contributed by atoms with Gasteiger partial charge >= 0.3 is 0 Å². The first-order valence-electron chi connectivity index (χ1n) is 8.20. The molecule has 0 spiro atoms. The summed E-state index contributed by atoms with van der Waals surface area (Å²) in [6.45, 7) is 2.11. The van der Waals surface area contributed by atoms with Gasteiger partial charge in [-0.15, -0.1) is 10.2 Å². The number of nitrogens with zero attached hydrogens (tertiary/aromatic N) is 4. The highest BCUT2D eigenvalue weighted by Crippen LogP contribution is 2.34. The number of methoxy groups -OCH3 is 2. The molecule has 7 heteroatoms. The van der Waals surface area contributed by atoms with Crippen molar-refractivity contribution in [1.82, 2.24) is 14.9 Å². The molecule has 0 N–H and O–H groups in total. The molecule has 0 fully saturated rings. The third-order valence-electron chi connectivity index (χ3n) is 4.22. The van der Waals surface area contributed by atoms with Crippen molar-refractivity contribution in [3.8, 4) is 22.9 Å². The van der Waals surface area contributed by atoms with Gasteiger partial charge in [0.15, 0.2) is 5.82 Å². The van der Waals surface area contributed by atoms with Gasteiger partial charge < -0.3 is 9.47 Å². The zero-order valence-electron chi connectivity index (χ0n) is 14.7. The number of benzene rings is 2. The molecule has 1 aromatic heterocycles. The molecule has 1 aliphatic heterocycles. The summed E-state index contributed by atoms with van der Waals surface area (Å²) in [5.41, 5.74) is 2.85. The molecule has 0 saturated carbocycles. The molecule has 0 amide bonds. The summed E-state index contributed by atoms with van der Waals surface area (Å²) in [7, 11) is 3.32. The molecular formula is C19H18N4O2S. The number of aromatic nitrogens is 3. The fourth-order valence-electron chi connectivity index (χ4n) is 2.88. The van der Waals surface area contributed by atoms with Gasteiger partial charge in [-0.05, 0) is 43.3 Å². The summed E-state index contributed by atoms with van der Waals surface area (Å²) in [6.07, 6.45) is 0. The summed E-state index contributed by atoms with van der Waals surface area (Å²) in [5, 5.41) is 14.4. The Balaban J connectivity index is 1.81. The molecule has 2 aromatic carbocycles. The van der Waals surface area contributed by atoms with Crippen LogP contribution in [-0.2, 0) is 0 Å². The lowest BCUT2D eigenvalue weighted by Crippen LogP contribution is -2.22. The van der Waals surface area contributed by atoms with Crippen molar-refractivity contribution in [2.24, 2.45) is 5.10 Å². The number of para-hydroxylation sites is 1. The van der Waals surface area contributed by atoms with Gasteiger partial charge in [0.2, 0.25) is 5.16 Å². The Morgan fingerprint density at radius 1 is 0.962 bits per heavy atom. The second-order valence-corrected chi connectivity index (χ2v) is 7.10. The third kappa shape index (κ3) is 2.84. The maximum Gasteiger partial charge on any atom is 0.213 e. The third-order valence-corrected chi connectivity index (χ3v) is 5.26. The van der Waals surface area contributed by atoms with E-state index in [1.165, 1.54) is 0 Å². The Morgan fingerprint density at radius 3 is 2.46 bits per heavy atom. The lowest BCUT2D eigenvalue weighted by Gasteiger charge is -2.21. The van der Waals surface area contributed by atoms with E-state index in [9.17, 15) is 0 Å². The standard InChI is InChI=1S/C19H18N4O2S/c1-12-17(15-6-4-5-7-16(15)25-3)22-23-18(20-21-19(23)26-12)13-8-10-14(24-2)11-9-13/h4-12H,1-3H3/t12-/m0/s1. The number of hydrogen-bond donors (Lipinski definition) is 0. The first kappa shape index (κ1) is 16.7. The predicted molar refractivity (Wildman–Crippen MR) is 102 cm³/mol. The Morgan fingerprint density at radius 2 is 1.73 bits per heavy atom. The molecule has 4 rings (SSSR count). The smallest absolute Gasteiger partial charge is 0.213 e. The zero-order valence-corrected chi connectivity index (χ0v) is 15.5. The highest BCUT2D eigenvalue weighted by molar-refractivity contribution is 8.00. The van der Waals surface area contributed by atoms with Crippen LogP contribution in [0.25, 0.3) is 11.4 Å². The van der Waals surface area contributed by atoms with Crippen molar-refractivity contribution >= 4 is 17.5 Å². The van der Waals surface area contributed by atoms with Crippen LogP contribution in [0.4, 0.5) is 0 Å². The van der Waals surface area contributed by atoms with Gasteiger partial charge in [-0.2, -0.15) is 9.78 Å². The molecule has 26 heavy (non-hydrogen) atoms. The van der Waals surface area contributed by atoms with E-state index < -0.39 is 0 Å². The molecule has 3 aromatic rings. The Labute approximate surface area is 155 Å². The van der Waals surface area contributed by atoms with Crippen LogP contribution in [0.1, 0.15) is 12.5 Å². The average molecular weight is 366 g/mol. The van der Waals surface area contributed by atoms with Crippen molar-refractivity contribution in [1.29, 1.82) is 0 Å². The van der Waals surface area contributed by atoms with E-state index in [0.717, 1.165) is 33.5 Å². The van der Waals surface area contributed by atoms with Crippen LogP contribution in [0.2, 0.25) is 0 Å². The minimum absolute atomic E-state index is 0.145. The molecule has 0 aliphatic carbocycles. The van der Waals surface area contributed by atoms with Gasteiger partial charge in [0.05, 0.1) is 25.2 Å². The van der Waals surface area contributed by atoms with Crippen molar-refractivity contribution in [3.05, 3.63) is 54.1 Å². The van der Waals surface area contributed by atoms with E-state index in [4.69, 9.17) is 14.6 Å². The highest BCUT2D eigenvalue weighted by Gasteiger charge is 2.27. The summed E-state index contributed by atoms with van der Waals surface area (Å²) in [5.74, 6) is 2.31. The SMILES string of the molecule is COc1ccc(-c2nnc3n2N=C(c2ccccc2OC)[C@H](C)S3)cc1. The second-order valence-electron chi connectivity index (χ2n) is 5.79. The first-order chi connectivity index (χ1) is 12.7. The number of hydrogen-bond acceptors (Lipinski definition) is 6. The lowest BCUT2D eigenvalue weighted by atomic mass is 10.1. The van der Waals surface area contributed by atoms with Crippen molar-refractivity contribution < 1.29 is 9.47 Å². The summed E-state index contributed by atoms with van der Waals surface area (Å²) >= 11 is 1.64. The largest absolute Gasteiger partial charge is 0.497 e. The van der Waals surface area contributed by atoms with E-state index in [1.807, 2.05) is 48.5 Å². The maximum atomic E-state index is 5.51. The monoisotopic (exact) mass is 366 g/mol. The van der Waals surface area contributed by atoms with Crippen molar-refractivity contribution in [3.63, 3.8) is 0 Å². The fraction of sp³-hybridized carbons (Fsp3) is 0.211. The Bertz CT molecular complexity index is 966. The number of rotatable bonds is 4. The molecule has 132 valence electrons. The minimum atomic E-state index is 0.145. The molecule has 0 saturated heterocycles. The van der Waals surface area contributed by atoms with Gasteiger partial charge in [-0.3, -0.25) is 0 Å². The van der Waals surface area contributed by atoms with Crippen molar-refractivity contribution in [2.75, 3.05) is 14.2 Å². The van der Waals surface area contributed by atoms with Gasteiger partial charge in [0, 0.05) is 11.1 Å². The van der Waals surface area contributed by atoms with Gasteiger partial charge in [0.1, 0.15) is 11.5 Å². The molecule has 2 heterocycles. The molecule has 1 aliphatic rings. The molecule has 0 radical (unpaired) electrons. The minimum Gasteiger partial charge on any atom is -0.497 e. The van der Waals surface area contributed by atoms with Crippen LogP contribution in [0, 0.1) is 0 Å². The highest BCUT2D eigenvalue weighted by atomic mass is 32.2. The molecule has 0 bridgehead atoms. The Kier molecular flexibility index (Phi) is 4.38. The van der Waals surface area contributed by atoms with Crippen LogP contribution in [0.3, 0.4) is 0 Å². The van der Waals surface area contributed by atoms with Gasteiger partial charge in [-0.1, -0.05) is 23.9 Å². The summed E-state index contributed by atoms with van der Waals surface area (Å²) < 4.78 is 12.5. The Hall–Kier alpha value is -2.80. The van der Waals surface area contributed by atoms with Crippen LogP contribution in [-0.4, -0.2) is 40.1 Å². The summed E-state index contributed by atoms with van der Waals surface area (Å²) in [6, 6.07) is 15.6. The van der Waals surface area contributed by atoms with E-state index in [1.54, 1.807) is 30.7 Å². The quantitative estimate of drug-likeness (QED) is 0.704. The van der Waals surface area contributed by atoms with E-state index in [2.05, 4.69) is 17.1 Å². The van der Waals surface area contributed by atoms with Crippen LogP contribution in [0.15, 0.2) is 58.8 Å². The lowest BCUT2D eigenvalue weighted by molar-refractivity contribution is 0.413. The zero-order chi connectivity index (χ0) is 18.1. The van der Waals surface area contributed by atoms with Crippen LogP contribution in [0.5, 0.6) is 11.5 Å². The predicted octanol–water partition coefficient (Wildman–Crippen LogP) is 3.71. The van der Waals surface area contributed by atoms with Crippen LogP contribution < -0.4 is 9.47 Å². The van der Waals surface area contributed by atoms with Gasteiger partial charge in [-0.25, -0.2) is 0 Å². The van der Waals surface area contributed by atoms with E-state index in [0.29, 0.717) is 5.82 Å². The van der Waals surface area contributed by atoms with Gasteiger partial charge in [0.25, 0.3) is 0 Å². The number of ether oxygens (including phenoxy) is 2. The van der Waals surface area contributed by atoms with Crippen molar-refractivity contribution in [2.45, 2.75) is 17.3 Å². The number of thioether (sulfide) groups is 1. The fourth-order valence-corrected chi connectivity index (χ4v) is 3.80. The maximum absolute atomic E-state index is 5.51. The first-order valence-corrected chi connectivity index (χ1v) is 9.08. The topological polar surface area (TPSA) is 61.5 Å². The molecule has 1 atom stereocenters. The molecular weight excluding hydrogens is 348 g/mol. The van der Waals surface area contributed by atoms with Crippen LogP contribution >= 0.6 is 11.8 Å². The second kappa shape index (κ2) is 6.84. The average Bonchev–Trinajstić information content (AvgIpc) is 3.10. The normalized spacial score (nSPS) is 16.0.